The van der Waals surface area contributed by atoms with Crippen molar-refractivity contribution in [3.05, 3.63) is 77.6 Å². The summed E-state index contributed by atoms with van der Waals surface area (Å²) in [4.78, 5) is 25.3. The highest BCUT2D eigenvalue weighted by Gasteiger charge is 2.36. The number of hydrogen-bond acceptors (Lipinski definition) is 3. The molecule has 0 aromatic heterocycles. The number of hydrogen-bond donors (Lipinski definition) is 0. The van der Waals surface area contributed by atoms with Gasteiger partial charge in [-0.25, -0.2) is 14.1 Å². The first kappa shape index (κ1) is 15.9. The Kier molecular flexibility index (Phi) is 4.70. The summed E-state index contributed by atoms with van der Waals surface area (Å²) in [5, 5.41) is 0. The summed E-state index contributed by atoms with van der Waals surface area (Å²) in [6.07, 6.45) is 2.63. The smallest absolute Gasteiger partial charge is 0.417 e. The van der Waals surface area contributed by atoms with Crippen LogP contribution in [-0.4, -0.2) is 29.5 Å². The maximum Gasteiger partial charge on any atom is 0.417 e. The molecule has 0 N–H and O–H groups in total. The zero-order chi connectivity index (χ0) is 16.9. The molecule has 1 saturated heterocycles. The number of halogens is 1. The Morgan fingerprint density at radius 1 is 1.21 bits per heavy atom. The summed E-state index contributed by atoms with van der Waals surface area (Å²) in [5.41, 5.74) is 1.57. The summed E-state index contributed by atoms with van der Waals surface area (Å²) in [6, 6.07) is 15.1. The predicted octanol–water partition coefficient (Wildman–Crippen LogP) is 3.43. The SMILES string of the molecule is O=C(/C=C/c1cccc(F)c1)N1C(=O)OC[C@@H]1Cc1ccccc1. The number of benzene rings is 2. The fourth-order valence-electron chi connectivity index (χ4n) is 2.63. The molecule has 1 atom stereocenters. The van der Waals surface area contributed by atoms with E-state index >= 15 is 0 Å². The van der Waals surface area contributed by atoms with E-state index in [1.807, 2.05) is 30.3 Å². The molecule has 1 aliphatic rings. The fourth-order valence-corrected chi connectivity index (χ4v) is 2.63. The highest BCUT2D eigenvalue weighted by Crippen LogP contribution is 2.18. The maximum atomic E-state index is 13.2. The summed E-state index contributed by atoms with van der Waals surface area (Å²) >= 11 is 0. The molecule has 0 unspecified atom stereocenters. The highest BCUT2D eigenvalue weighted by molar-refractivity contribution is 6.02. The van der Waals surface area contributed by atoms with Crippen LogP contribution >= 0.6 is 0 Å². The van der Waals surface area contributed by atoms with Crippen LogP contribution in [-0.2, 0) is 16.0 Å². The lowest BCUT2D eigenvalue weighted by Gasteiger charge is -2.18. The van der Waals surface area contributed by atoms with Crippen molar-refractivity contribution in [2.75, 3.05) is 6.61 Å². The van der Waals surface area contributed by atoms with E-state index in [1.54, 1.807) is 12.1 Å². The lowest BCUT2D eigenvalue weighted by atomic mass is 10.1. The highest BCUT2D eigenvalue weighted by atomic mass is 19.1. The van der Waals surface area contributed by atoms with Gasteiger partial charge in [-0.15, -0.1) is 0 Å². The minimum Gasteiger partial charge on any atom is -0.447 e. The average molecular weight is 325 g/mol. The third-order valence-corrected chi connectivity index (χ3v) is 3.78. The van der Waals surface area contributed by atoms with Crippen LogP contribution in [0.5, 0.6) is 0 Å². The molecule has 4 nitrogen and oxygen atoms in total. The van der Waals surface area contributed by atoms with Crippen molar-refractivity contribution in [1.82, 2.24) is 4.90 Å². The molecule has 0 radical (unpaired) electrons. The van der Waals surface area contributed by atoms with E-state index in [9.17, 15) is 14.0 Å². The standard InChI is InChI=1S/C19H16FNO3/c20-16-8-4-7-15(11-16)9-10-18(22)21-17(13-24-19(21)23)12-14-5-2-1-3-6-14/h1-11,17H,12-13H2/b10-9+/t17-/m0/s1. The number of ether oxygens (including phenoxy) is 1. The Balaban J connectivity index is 1.72. The Morgan fingerprint density at radius 2 is 2.00 bits per heavy atom. The van der Waals surface area contributed by atoms with E-state index in [1.165, 1.54) is 24.3 Å². The lowest BCUT2D eigenvalue weighted by molar-refractivity contribution is -0.124. The lowest BCUT2D eigenvalue weighted by Crippen LogP contribution is -2.39. The van der Waals surface area contributed by atoms with Crippen molar-refractivity contribution in [1.29, 1.82) is 0 Å². The van der Waals surface area contributed by atoms with Gasteiger partial charge in [-0.3, -0.25) is 4.79 Å². The van der Waals surface area contributed by atoms with Gasteiger partial charge < -0.3 is 4.74 Å². The molecule has 0 spiro atoms. The third kappa shape index (κ3) is 3.68. The van der Waals surface area contributed by atoms with Crippen molar-refractivity contribution in [2.24, 2.45) is 0 Å². The van der Waals surface area contributed by atoms with Crippen molar-refractivity contribution in [2.45, 2.75) is 12.5 Å². The Labute approximate surface area is 139 Å². The van der Waals surface area contributed by atoms with Gasteiger partial charge in [-0.05, 0) is 35.8 Å². The minimum atomic E-state index is -0.648. The first-order valence-corrected chi connectivity index (χ1v) is 7.61. The first-order valence-electron chi connectivity index (χ1n) is 7.61. The number of nitrogens with zero attached hydrogens (tertiary/aromatic N) is 1. The van der Waals surface area contributed by atoms with Gasteiger partial charge in [-0.1, -0.05) is 42.5 Å². The second kappa shape index (κ2) is 7.08. The minimum absolute atomic E-state index is 0.174. The number of cyclic esters (lactones) is 1. The van der Waals surface area contributed by atoms with Crippen LogP contribution in [0.15, 0.2) is 60.7 Å². The van der Waals surface area contributed by atoms with E-state index in [0.717, 1.165) is 10.5 Å². The molecule has 2 aromatic carbocycles. The first-order chi connectivity index (χ1) is 11.6. The largest absolute Gasteiger partial charge is 0.447 e. The van der Waals surface area contributed by atoms with Crippen molar-refractivity contribution in [3.8, 4) is 0 Å². The van der Waals surface area contributed by atoms with Crippen LogP contribution < -0.4 is 0 Å². The average Bonchev–Trinajstić information content (AvgIpc) is 2.94. The number of amides is 2. The molecular formula is C19H16FNO3. The summed E-state index contributed by atoms with van der Waals surface area (Å²) in [7, 11) is 0. The monoisotopic (exact) mass is 325 g/mol. The number of imide groups is 1. The van der Waals surface area contributed by atoms with Crippen molar-refractivity contribution < 1.29 is 18.7 Å². The normalized spacial score (nSPS) is 17.3. The van der Waals surface area contributed by atoms with E-state index in [4.69, 9.17) is 4.74 Å². The Bertz CT molecular complexity index is 773. The zero-order valence-corrected chi connectivity index (χ0v) is 12.9. The van der Waals surface area contributed by atoms with E-state index in [-0.39, 0.29) is 18.5 Å². The molecule has 5 heteroatoms. The van der Waals surface area contributed by atoms with Crippen LogP contribution in [0.3, 0.4) is 0 Å². The summed E-state index contributed by atoms with van der Waals surface area (Å²) < 4.78 is 18.2. The van der Waals surface area contributed by atoms with Crippen LogP contribution in [0.4, 0.5) is 9.18 Å². The van der Waals surface area contributed by atoms with E-state index in [0.29, 0.717) is 12.0 Å². The molecule has 0 bridgehead atoms. The quantitative estimate of drug-likeness (QED) is 0.809. The zero-order valence-electron chi connectivity index (χ0n) is 12.9. The van der Waals surface area contributed by atoms with E-state index < -0.39 is 12.0 Å². The maximum absolute atomic E-state index is 13.2. The second-order valence-corrected chi connectivity index (χ2v) is 5.52. The molecule has 2 amide bonds. The Hall–Kier alpha value is -2.95. The van der Waals surface area contributed by atoms with Gasteiger partial charge in [0, 0.05) is 6.08 Å². The number of carbonyl (C=O) groups is 2. The van der Waals surface area contributed by atoms with Crippen LogP contribution in [0, 0.1) is 5.82 Å². The number of rotatable bonds is 4. The van der Waals surface area contributed by atoms with Crippen molar-refractivity contribution in [3.63, 3.8) is 0 Å². The van der Waals surface area contributed by atoms with Gasteiger partial charge in [0.2, 0.25) is 0 Å². The topological polar surface area (TPSA) is 46.6 Å². The van der Waals surface area contributed by atoms with Crippen LogP contribution in [0.1, 0.15) is 11.1 Å². The second-order valence-electron chi connectivity index (χ2n) is 5.52. The molecule has 0 saturated carbocycles. The summed E-state index contributed by atoms with van der Waals surface area (Å²) in [5.74, 6) is -0.852. The van der Waals surface area contributed by atoms with Gasteiger partial charge >= 0.3 is 6.09 Å². The predicted molar refractivity (Wildman–Crippen MR) is 87.6 cm³/mol. The molecule has 1 fully saturated rings. The number of carbonyl (C=O) groups excluding carboxylic acids is 2. The summed E-state index contributed by atoms with van der Waals surface area (Å²) in [6.45, 7) is 0.174. The molecule has 122 valence electrons. The molecule has 1 heterocycles. The molecule has 3 rings (SSSR count). The van der Waals surface area contributed by atoms with Gasteiger partial charge in [0.25, 0.3) is 5.91 Å². The van der Waals surface area contributed by atoms with Crippen molar-refractivity contribution >= 4 is 18.1 Å². The van der Waals surface area contributed by atoms with Crippen LogP contribution in [0.2, 0.25) is 0 Å². The molecule has 1 aliphatic heterocycles. The van der Waals surface area contributed by atoms with Gasteiger partial charge in [0.1, 0.15) is 12.4 Å². The molecule has 0 aliphatic carbocycles. The third-order valence-electron chi connectivity index (χ3n) is 3.78. The Morgan fingerprint density at radius 3 is 2.75 bits per heavy atom. The van der Waals surface area contributed by atoms with Crippen LogP contribution in [0.25, 0.3) is 6.08 Å². The van der Waals surface area contributed by atoms with Gasteiger partial charge in [-0.2, -0.15) is 0 Å². The molecular weight excluding hydrogens is 309 g/mol. The van der Waals surface area contributed by atoms with Gasteiger partial charge in [0.05, 0.1) is 6.04 Å². The molecule has 24 heavy (non-hydrogen) atoms. The van der Waals surface area contributed by atoms with Gasteiger partial charge in [0.15, 0.2) is 0 Å². The molecule has 2 aromatic rings. The fraction of sp³-hybridized carbons (Fsp3) is 0.158. The van der Waals surface area contributed by atoms with E-state index in [2.05, 4.69) is 0 Å².